The van der Waals surface area contributed by atoms with E-state index in [9.17, 15) is 24.0 Å². The number of carbonyl (C=O) groups is 3. The maximum absolute atomic E-state index is 13.1. The van der Waals surface area contributed by atoms with Crippen molar-refractivity contribution in [3.05, 3.63) is 76.1 Å². The molecule has 2 amide bonds. The average Bonchev–Trinajstić information content (AvgIpc) is 2.83. The van der Waals surface area contributed by atoms with E-state index in [0.717, 1.165) is 17.3 Å². The highest BCUT2D eigenvalue weighted by Gasteiger charge is 2.44. The second-order valence-electron chi connectivity index (χ2n) is 7.99. The van der Waals surface area contributed by atoms with Crippen molar-refractivity contribution in [2.45, 2.75) is 25.7 Å². The number of methoxy groups -OCH3 is 1. The minimum Gasteiger partial charge on any atom is -0.468 e. The van der Waals surface area contributed by atoms with Crippen molar-refractivity contribution in [2.75, 3.05) is 18.2 Å². The Bertz CT molecular complexity index is 1150. The topological polar surface area (TPSA) is 108 Å². The summed E-state index contributed by atoms with van der Waals surface area (Å²) in [7, 11) is 1.19. The predicted molar refractivity (Wildman–Crippen MR) is 127 cm³/mol. The molecule has 0 fully saturated rings. The molecule has 2 N–H and O–H groups in total. The first-order chi connectivity index (χ1) is 16.2. The molecule has 0 aliphatic carbocycles. The molecule has 7 nitrogen and oxygen atoms in total. The molecule has 0 saturated carbocycles. The van der Waals surface area contributed by atoms with Gasteiger partial charge in [0, 0.05) is 11.6 Å². The molecular formula is C25H24FN3O4S. The van der Waals surface area contributed by atoms with E-state index in [1.165, 1.54) is 31.4 Å². The molecule has 2 aromatic carbocycles. The van der Waals surface area contributed by atoms with E-state index in [0.29, 0.717) is 11.3 Å². The molecule has 0 radical (unpaired) electrons. The number of thioether (sulfide) groups is 1. The fourth-order valence-electron chi connectivity index (χ4n) is 3.64. The third-order valence-electron chi connectivity index (χ3n) is 5.42. The minimum atomic E-state index is -1.23. The summed E-state index contributed by atoms with van der Waals surface area (Å²) in [6.45, 7) is 4.10. The van der Waals surface area contributed by atoms with E-state index in [-0.39, 0.29) is 22.3 Å². The number of rotatable bonds is 7. The van der Waals surface area contributed by atoms with Crippen molar-refractivity contribution in [1.29, 1.82) is 5.26 Å². The summed E-state index contributed by atoms with van der Waals surface area (Å²) in [5.74, 6) is -4.09. The second kappa shape index (κ2) is 11.0. The van der Waals surface area contributed by atoms with E-state index >= 15 is 0 Å². The van der Waals surface area contributed by atoms with Gasteiger partial charge in [-0.1, -0.05) is 49.9 Å². The van der Waals surface area contributed by atoms with Crippen molar-refractivity contribution < 1.29 is 23.5 Å². The number of nitriles is 1. The lowest BCUT2D eigenvalue weighted by molar-refractivity contribution is -0.150. The lowest BCUT2D eigenvalue weighted by Gasteiger charge is -2.31. The number of benzene rings is 2. The van der Waals surface area contributed by atoms with Crippen LogP contribution in [0, 0.1) is 23.1 Å². The molecule has 176 valence electrons. The third kappa shape index (κ3) is 5.64. The van der Waals surface area contributed by atoms with E-state index < -0.39 is 35.4 Å². The zero-order valence-electron chi connectivity index (χ0n) is 18.9. The first-order valence-electron chi connectivity index (χ1n) is 10.6. The zero-order chi connectivity index (χ0) is 24.8. The highest BCUT2D eigenvalue weighted by Crippen LogP contribution is 2.40. The van der Waals surface area contributed by atoms with Gasteiger partial charge in [-0.05, 0) is 41.3 Å². The zero-order valence-corrected chi connectivity index (χ0v) is 19.7. The highest BCUT2D eigenvalue weighted by molar-refractivity contribution is 8.03. The van der Waals surface area contributed by atoms with Gasteiger partial charge in [0.1, 0.15) is 11.7 Å². The molecule has 0 spiro atoms. The van der Waals surface area contributed by atoms with Gasteiger partial charge in [-0.25, -0.2) is 4.39 Å². The normalized spacial score (nSPS) is 17.7. The van der Waals surface area contributed by atoms with E-state index in [2.05, 4.69) is 16.7 Å². The fraction of sp³-hybridized carbons (Fsp3) is 0.280. The Kier molecular flexibility index (Phi) is 8.08. The quantitative estimate of drug-likeness (QED) is 0.456. The molecule has 9 heteroatoms. The molecular weight excluding hydrogens is 457 g/mol. The maximum Gasteiger partial charge on any atom is 0.319 e. The van der Waals surface area contributed by atoms with Crippen LogP contribution in [0.3, 0.4) is 0 Å². The van der Waals surface area contributed by atoms with Crippen LogP contribution in [0.25, 0.3) is 0 Å². The smallest absolute Gasteiger partial charge is 0.319 e. The molecule has 0 unspecified atom stereocenters. The Morgan fingerprint density at radius 1 is 1.18 bits per heavy atom. The van der Waals surface area contributed by atoms with Gasteiger partial charge in [0.2, 0.25) is 11.8 Å². The summed E-state index contributed by atoms with van der Waals surface area (Å²) >= 11 is 0.979. The minimum absolute atomic E-state index is 0.111. The van der Waals surface area contributed by atoms with Gasteiger partial charge >= 0.3 is 5.97 Å². The Morgan fingerprint density at radius 3 is 2.38 bits per heavy atom. The SMILES string of the molecule is COC(=O)[C@H]1C(=O)NC(SCC(=O)Nc2ccc(F)cc2)=C(C#N)[C@@H]1c1ccc(C(C)C)cc1. The Balaban J connectivity index is 1.89. The van der Waals surface area contributed by atoms with Crippen LogP contribution in [0.15, 0.2) is 59.1 Å². The number of amides is 2. The maximum atomic E-state index is 13.1. The van der Waals surface area contributed by atoms with Crippen LogP contribution in [0.5, 0.6) is 0 Å². The lowest BCUT2D eigenvalue weighted by atomic mass is 9.78. The van der Waals surface area contributed by atoms with Gasteiger partial charge in [-0.15, -0.1) is 0 Å². The lowest BCUT2D eigenvalue weighted by Crippen LogP contribution is -2.44. The van der Waals surface area contributed by atoms with Crippen molar-refractivity contribution >= 4 is 35.2 Å². The molecule has 3 rings (SSSR count). The first kappa shape index (κ1) is 25.0. The summed E-state index contributed by atoms with van der Waals surface area (Å²) in [4.78, 5) is 37.7. The number of hydrogen-bond donors (Lipinski definition) is 2. The molecule has 0 bridgehead atoms. The van der Waals surface area contributed by atoms with Crippen molar-refractivity contribution in [3.63, 3.8) is 0 Å². The van der Waals surface area contributed by atoms with Crippen molar-refractivity contribution in [1.82, 2.24) is 5.32 Å². The number of halogens is 1. The molecule has 1 heterocycles. The molecule has 2 atom stereocenters. The Labute approximate surface area is 201 Å². The number of hydrogen-bond acceptors (Lipinski definition) is 6. The summed E-state index contributed by atoms with van der Waals surface area (Å²) < 4.78 is 17.9. The Hall–Kier alpha value is -3.64. The number of carbonyl (C=O) groups excluding carboxylic acids is 3. The standard InChI is InChI=1S/C25H24FN3O4S/c1-14(2)15-4-6-16(7-5-15)21-19(12-27)24(29-23(31)22(21)25(32)33-3)34-13-20(30)28-18-10-8-17(26)9-11-18/h4-11,14,21-22H,13H2,1-3H3,(H,28,30)(H,29,31)/t21-,22+/m0/s1. The summed E-state index contributed by atoms with van der Waals surface area (Å²) in [6.07, 6.45) is 0. The number of ether oxygens (including phenoxy) is 1. The van der Waals surface area contributed by atoms with E-state index in [4.69, 9.17) is 4.74 Å². The molecule has 0 aromatic heterocycles. The molecule has 1 aliphatic heterocycles. The fourth-order valence-corrected chi connectivity index (χ4v) is 4.48. The number of nitrogens with zero attached hydrogens (tertiary/aromatic N) is 1. The van der Waals surface area contributed by atoms with E-state index in [1.54, 1.807) is 12.1 Å². The van der Waals surface area contributed by atoms with Crippen LogP contribution in [0.2, 0.25) is 0 Å². The highest BCUT2D eigenvalue weighted by atomic mass is 32.2. The van der Waals surface area contributed by atoms with Gasteiger partial charge in [-0.2, -0.15) is 5.26 Å². The number of anilines is 1. The molecule has 0 saturated heterocycles. The number of esters is 1. The van der Waals surface area contributed by atoms with Crippen LogP contribution in [-0.2, 0) is 19.1 Å². The van der Waals surface area contributed by atoms with Gasteiger partial charge in [0.05, 0.1) is 29.5 Å². The van der Waals surface area contributed by atoms with E-state index in [1.807, 2.05) is 26.0 Å². The largest absolute Gasteiger partial charge is 0.468 e. The molecule has 34 heavy (non-hydrogen) atoms. The van der Waals surface area contributed by atoms with Crippen molar-refractivity contribution in [3.8, 4) is 6.07 Å². The van der Waals surface area contributed by atoms with Crippen LogP contribution in [0.4, 0.5) is 10.1 Å². The van der Waals surface area contributed by atoms with Crippen LogP contribution >= 0.6 is 11.8 Å². The van der Waals surface area contributed by atoms with Crippen molar-refractivity contribution in [2.24, 2.45) is 5.92 Å². The average molecular weight is 482 g/mol. The number of allylic oxidation sites excluding steroid dienone is 1. The van der Waals surface area contributed by atoms with Crippen LogP contribution in [0.1, 0.15) is 36.8 Å². The second-order valence-corrected chi connectivity index (χ2v) is 8.97. The van der Waals surface area contributed by atoms with Gasteiger partial charge < -0.3 is 15.4 Å². The predicted octanol–water partition coefficient (Wildman–Crippen LogP) is 4.06. The third-order valence-corrected chi connectivity index (χ3v) is 6.44. The van der Waals surface area contributed by atoms with Gasteiger partial charge in [-0.3, -0.25) is 14.4 Å². The summed E-state index contributed by atoms with van der Waals surface area (Å²) in [6, 6.07) is 14.8. The van der Waals surface area contributed by atoms with Crippen LogP contribution in [-0.4, -0.2) is 30.6 Å². The summed E-state index contributed by atoms with van der Waals surface area (Å²) in [5, 5.41) is 15.4. The monoisotopic (exact) mass is 481 g/mol. The molecule has 2 aromatic rings. The summed E-state index contributed by atoms with van der Waals surface area (Å²) in [5.41, 5.74) is 2.29. The number of nitrogens with one attached hydrogen (secondary N) is 2. The van der Waals surface area contributed by atoms with Gasteiger partial charge in [0.25, 0.3) is 0 Å². The molecule has 1 aliphatic rings. The Morgan fingerprint density at radius 2 is 1.82 bits per heavy atom. The van der Waals surface area contributed by atoms with Gasteiger partial charge in [0.15, 0.2) is 0 Å². The van der Waals surface area contributed by atoms with Crippen LogP contribution < -0.4 is 10.6 Å². The first-order valence-corrected chi connectivity index (χ1v) is 11.5.